The van der Waals surface area contributed by atoms with Gasteiger partial charge in [0.15, 0.2) is 0 Å². The molecule has 0 fully saturated rings. The molecule has 0 saturated heterocycles. The largest absolute Gasteiger partial charge is 0.492 e. The Kier molecular flexibility index (Phi) is 4.00. The fourth-order valence-electron chi connectivity index (χ4n) is 2.28. The van der Waals surface area contributed by atoms with Gasteiger partial charge in [0.25, 0.3) is 11.8 Å². The summed E-state index contributed by atoms with van der Waals surface area (Å²) in [7, 11) is 0. The van der Waals surface area contributed by atoms with Crippen molar-refractivity contribution in [3.8, 4) is 5.75 Å². The first-order valence-corrected chi connectivity index (χ1v) is 7.95. The highest BCUT2D eigenvalue weighted by Crippen LogP contribution is 2.39. The van der Waals surface area contributed by atoms with Crippen molar-refractivity contribution < 1.29 is 14.3 Å². The van der Waals surface area contributed by atoms with Crippen molar-refractivity contribution in [2.75, 3.05) is 11.5 Å². The molecular formula is C16H12ClNO3S. The summed E-state index contributed by atoms with van der Waals surface area (Å²) in [4.78, 5) is 26.9. The molecule has 0 aliphatic carbocycles. The number of para-hydroxylation sites is 2. The lowest BCUT2D eigenvalue weighted by molar-refractivity contribution is -0.119. The number of imide groups is 1. The van der Waals surface area contributed by atoms with E-state index in [2.05, 4.69) is 0 Å². The SMILES string of the molecule is CCOc1ccccc1N1C(=O)C(Cl)=C(c2cccs2)C1=O. The fourth-order valence-corrected chi connectivity index (χ4v) is 3.37. The normalized spacial score (nSPS) is 14.9. The summed E-state index contributed by atoms with van der Waals surface area (Å²) < 4.78 is 5.50. The molecule has 4 nitrogen and oxygen atoms in total. The highest BCUT2D eigenvalue weighted by Gasteiger charge is 2.40. The van der Waals surface area contributed by atoms with Gasteiger partial charge in [-0.1, -0.05) is 29.8 Å². The number of carbonyl (C=O) groups is 2. The number of halogens is 1. The van der Waals surface area contributed by atoms with Crippen molar-refractivity contribution in [2.45, 2.75) is 6.92 Å². The molecule has 22 heavy (non-hydrogen) atoms. The second-order valence-electron chi connectivity index (χ2n) is 4.51. The van der Waals surface area contributed by atoms with E-state index < -0.39 is 11.8 Å². The van der Waals surface area contributed by atoms with Crippen LogP contribution in [0.15, 0.2) is 46.8 Å². The Labute approximate surface area is 136 Å². The molecule has 0 spiro atoms. The van der Waals surface area contributed by atoms with Crippen LogP contribution in [0.2, 0.25) is 0 Å². The Balaban J connectivity index is 2.06. The molecule has 2 heterocycles. The quantitative estimate of drug-likeness (QED) is 0.802. The van der Waals surface area contributed by atoms with Gasteiger partial charge < -0.3 is 4.74 Å². The Morgan fingerprint density at radius 3 is 2.59 bits per heavy atom. The van der Waals surface area contributed by atoms with E-state index in [9.17, 15) is 9.59 Å². The first kappa shape index (κ1) is 14.8. The van der Waals surface area contributed by atoms with Crippen molar-refractivity contribution in [2.24, 2.45) is 0 Å². The zero-order valence-electron chi connectivity index (χ0n) is 11.7. The highest BCUT2D eigenvalue weighted by molar-refractivity contribution is 7.11. The van der Waals surface area contributed by atoms with Gasteiger partial charge in [0.05, 0.1) is 17.9 Å². The zero-order chi connectivity index (χ0) is 15.7. The average molecular weight is 334 g/mol. The van der Waals surface area contributed by atoms with Crippen LogP contribution in [0.1, 0.15) is 11.8 Å². The Bertz CT molecular complexity index is 767. The molecule has 1 aromatic carbocycles. The van der Waals surface area contributed by atoms with Gasteiger partial charge >= 0.3 is 0 Å². The third kappa shape index (κ3) is 2.32. The van der Waals surface area contributed by atoms with Crippen molar-refractivity contribution in [1.82, 2.24) is 0 Å². The van der Waals surface area contributed by atoms with Gasteiger partial charge in [-0.3, -0.25) is 9.59 Å². The predicted molar refractivity (Wildman–Crippen MR) is 87.2 cm³/mol. The molecule has 0 N–H and O–H groups in total. The summed E-state index contributed by atoms with van der Waals surface area (Å²) >= 11 is 7.49. The van der Waals surface area contributed by atoms with Crippen LogP contribution in [-0.4, -0.2) is 18.4 Å². The fraction of sp³-hybridized carbons (Fsp3) is 0.125. The molecule has 3 rings (SSSR count). The number of amides is 2. The predicted octanol–water partition coefficient (Wildman–Crippen LogP) is 3.67. The number of carbonyl (C=O) groups excluding carboxylic acids is 2. The van der Waals surface area contributed by atoms with Gasteiger partial charge in [-0.25, -0.2) is 4.90 Å². The number of anilines is 1. The summed E-state index contributed by atoms with van der Waals surface area (Å²) in [6.07, 6.45) is 0. The summed E-state index contributed by atoms with van der Waals surface area (Å²) in [5.74, 6) is -0.476. The van der Waals surface area contributed by atoms with E-state index in [4.69, 9.17) is 16.3 Å². The number of thiophene rings is 1. The van der Waals surface area contributed by atoms with E-state index in [1.165, 1.54) is 11.3 Å². The lowest BCUT2D eigenvalue weighted by atomic mass is 10.2. The van der Waals surface area contributed by atoms with Crippen LogP contribution in [-0.2, 0) is 9.59 Å². The molecular weight excluding hydrogens is 322 g/mol. The molecule has 112 valence electrons. The monoisotopic (exact) mass is 333 g/mol. The van der Waals surface area contributed by atoms with Crippen LogP contribution in [0.4, 0.5) is 5.69 Å². The summed E-state index contributed by atoms with van der Waals surface area (Å²) in [5.41, 5.74) is 0.650. The maximum Gasteiger partial charge on any atom is 0.277 e. The van der Waals surface area contributed by atoms with E-state index >= 15 is 0 Å². The molecule has 1 aliphatic rings. The number of rotatable bonds is 4. The topological polar surface area (TPSA) is 46.6 Å². The Morgan fingerprint density at radius 1 is 1.14 bits per heavy atom. The minimum atomic E-state index is -0.526. The smallest absolute Gasteiger partial charge is 0.277 e. The number of benzene rings is 1. The first-order chi connectivity index (χ1) is 10.6. The molecule has 0 atom stereocenters. The lowest BCUT2D eigenvalue weighted by Gasteiger charge is -2.18. The van der Waals surface area contributed by atoms with Crippen LogP contribution < -0.4 is 9.64 Å². The number of hydrogen-bond donors (Lipinski definition) is 0. The number of ether oxygens (including phenoxy) is 1. The van der Waals surface area contributed by atoms with E-state index in [0.29, 0.717) is 22.9 Å². The maximum absolute atomic E-state index is 12.7. The second-order valence-corrected chi connectivity index (χ2v) is 5.84. The van der Waals surface area contributed by atoms with Crippen LogP contribution in [0, 0.1) is 0 Å². The Hall–Kier alpha value is -2.11. The van der Waals surface area contributed by atoms with Gasteiger partial charge in [-0.05, 0) is 30.5 Å². The van der Waals surface area contributed by atoms with Gasteiger partial charge in [-0.15, -0.1) is 11.3 Å². The third-order valence-electron chi connectivity index (χ3n) is 3.20. The standard InChI is InChI=1S/C16H12ClNO3S/c1-2-21-11-7-4-3-6-10(11)18-15(19)13(14(17)16(18)20)12-8-5-9-22-12/h3-9H,2H2,1H3. The van der Waals surface area contributed by atoms with E-state index in [1.54, 1.807) is 30.3 Å². The lowest BCUT2D eigenvalue weighted by Crippen LogP contribution is -2.31. The van der Waals surface area contributed by atoms with Gasteiger partial charge in [0.2, 0.25) is 0 Å². The van der Waals surface area contributed by atoms with Crippen LogP contribution >= 0.6 is 22.9 Å². The second kappa shape index (κ2) is 5.94. The molecule has 1 aromatic heterocycles. The molecule has 0 bridgehead atoms. The summed E-state index contributed by atoms with van der Waals surface area (Å²) in [6, 6.07) is 10.5. The zero-order valence-corrected chi connectivity index (χ0v) is 13.3. The minimum absolute atomic E-state index is 0.0567. The molecule has 0 radical (unpaired) electrons. The van der Waals surface area contributed by atoms with Crippen molar-refractivity contribution in [3.05, 3.63) is 51.7 Å². The van der Waals surface area contributed by atoms with Crippen LogP contribution in [0.3, 0.4) is 0 Å². The van der Waals surface area contributed by atoms with E-state index in [0.717, 1.165) is 4.90 Å². The summed E-state index contributed by atoms with van der Waals surface area (Å²) in [6.45, 7) is 2.28. The van der Waals surface area contributed by atoms with Crippen molar-refractivity contribution in [3.63, 3.8) is 0 Å². The molecule has 0 unspecified atom stereocenters. The van der Waals surface area contributed by atoms with Crippen LogP contribution in [0.25, 0.3) is 5.57 Å². The third-order valence-corrected chi connectivity index (χ3v) is 4.44. The molecule has 0 saturated carbocycles. The van der Waals surface area contributed by atoms with Gasteiger partial charge in [0, 0.05) is 4.88 Å². The number of nitrogens with zero attached hydrogens (tertiary/aromatic N) is 1. The van der Waals surface area contributed by atoms with Gasteiger partial charge in [-0.2, -0.15) is 0 Å². The van der Waals surface area contributed by atoms with E-state index in [1.807, 2.05) is 18.4 Å². The molecule has 2 amide bonds. The van der Waals surface area contributed by atoms with Crippen LogP contribution in [0.5, 0.6) is 5.75 Å². The maximum atomic E-state index is 12.7. The first-order valence-electron chi connectivity index (χ1n) is 6.69. The van der Waals surface area contributed by atoms with Crippen molar-refractivity contribution in [1.29, 1.82) is 0 Å². The summed E-state index contributed by atoms with van der Waals surface area (Å²) in [5, 5.41) is 1.78. The molecule has 2 aromatic rings. The minimum Gasteiger partial charge on any atom is -0.492 e. The highest BCUT2D eigenvalue weighted by atomic mass is 35.5. The van der Waals surface area contributed by atoms with Gasteiger partial charge in [0.1, 0.15) is 10.8 Å². The number of hydrogen-bond acceptors (Lipinski definition) is 4. The molecule has 1 aliphatic heterocycles. The van der Waals surface area contributed by atoms with E-state index in [-0.39, 0.29) is 10.6 Å². The molecule has 6 heteroatoms. The Morgan fingerprint density at radius 2 is 1.91 bits per heavy atom. The van der Waals surface area contributed by atoms with Crippen molar-refractivity contribution >= 4 is 46.0 Å². The average Bonchev–Trinajstić information content (AvgIpc) is 3.09.